The largest absolute Gasteiger partial charge is 0.497 e. The average Bonchev–Trinajstić information content (AvgIpc) is 2.92. The van der Waals surface area contributed by atoms with Gasteiger partial charge in [-0.25, -0.2) is 4.79 Å². The van der Waals surface area contributed by atoms with Crippen LogP contribution in [-0.2, 0) is 6.42 Å². The predicted octanol–water partition coefficient (Wildman–Crippen LogP) is 6.11. The second kappa shape index (κ2) is 7.13. The second-order valence-electron chi connectivity index (χ2n) is 5.12. The van der Waals surface area contributed by atoms with E-state index in [0.717, 1.165) is 32.3 Å². The van der Waals surface area contributed by atoms with Gasteiger partial charge in [-0.1, -0.05) is 24.6 Å². The lowest BCUT2D eigenvalue weighted by Crippen LogP contribution is -2.07. The van der Waals surface area contributed by atoms with Gasteiger partial charge in [0.15, 0.2) is 0 Å². The SMILES string of the molecule is CCc1ccc(OC(=O)c2sc3cc(OC)ccc3c2Cl)c(Br)c1. The molecule has 6 heteroatoms. The maximum Gasteiger partial charge on any atom is 0.355 e. The molecule has 2 aromatic carbocycles. The Balaban J connectivity index is 1.92. The van der Waals surface area contributed by atoms with Gasteiger partial charge in [-0.2, -0.15) is 0 Å². The van der Waals surface area contributed by atoms with Crippen LogP contribution in [0.1, 0.15) is 22.2 Å². The van der Waals surface area contributed by atoms with Crippen molar-refractivity contribution in [2.75, 3.05) is 7.11 Å². The van der Waals surface area contributed by atoms with Crippen LogP contribution in [0, 0.1) is 0 Å². The Morgan fingerprint density at radius 2 is 2.04 bits per heavy atom. The van der Waals surface area contributed by atoms with Crippen LogP contribution in [-0.4, -0.2) is 13.1 Å². The monoisotopic (exact) mass is 424 g/mol. The Labute approximate surface area is 157 Å². The van der Waals surface area contributed by atoms with Crippen molar-refractivity contribution in [3.8, 4) is 11.5 Å². The number of aryl methyl sites for hydroxylation is 1. The number of fused-ring (bicyclic) bond motifs is 1. The molecule has 0 spiro atoms. The third-order valence-corrected chi connectivity index (χ3v) is 5.89. The first-order valence-electron chi connectivity index (χ1n) is 7.30. The fourth-order valence-corrected chi connectivity index (χ4v) is 4.22. The van der Waals surface area contributed by atoms with Crippen molar-refractivity contribution in [2.45, 2.75) is 13.3 Å². The standard InChI is InChI=1S/C18H14BrClO3S/c1-3-10-4-7-14(13(19)8-10)23-18(21)17-16(20)12-6-5-11(22-2)9-15(12)24-17/h4-9H,3H2,1-2H3. The van der Waals surface area contributed by atoms with E-state index in [1.165, 1.54) is 11.3 Å². The predicted molar refractivity (Wildman–Crippen MR) is 102 cm³/mol. The minimum absolute atomic E-state index is 0.381. The molecule has 3 aromatic rings. The topological polar surface area (TPSA) is 35.5 Å². The van der Waals surface area contributed by atoms with E-state index in [4.69, 9.17) is 21.1 Å². The molecule has 0 aliphatic rings. The number of methoxy groups -OCH3 is 1. The lowest BCUT2D eigenvalue weighted by Gasteiger charge is -2.07. The maximum atomic E-state index is 12.5. The van der Waals surface area contributed by atoms with E-state index < -0.39 is 5.97 Å². The maximum absolute atomic E-state index is 12.5. The summed E-state index contributed by atoms with van der Waals surface area (Å²) in [5.41, 5.74) is 1.16. The number of ether oxygens (including phenoxy) is 2. The molecule has 124 valence electrons. The summed E-state index contributed by atoms with van der Waals surface area (Å²) in [7, 11) is 1.60. The summed E-state index contributed by atoms with van der Waals surface area (Å²) in [5.74, 6) is 0.728. The number of benzene rings is 2. The molecule has 0 unspecified atom stereocenters. The van der Waals surface area contributed by atoms with Crippen molar-refractivity contribution in [3.05, 3.63) is 56.3 Å². The number of rotatable bonds is 4. The van der Waals surface area contributed by atoms with Gasteiger partial charge < -0.3 is 9.47 Å². The van der Waals surface area contributed by atoms with E-state index in [1.807, 2.05) is 30.3 Å². The molecule has 3 rings (SSSR count). The van der Waals surface area contributed by atoms with Gasteiger partial charge in [0.1, 0.15) is 16.4 Å². The molecule has 0 bridgehead atoms. The van der Waals surface area contributed by atoms with Crippen molar-refractivity contribution < 1.29 is 14.3 Å². The second-order valence-corrected chi connectivity index (χ2v) is 7.40. The van der Waals surface area contributed by atoms with Crippen LogP contribution in [0.15, 0.2) is 40.9 Å². The molecule has 0 saturated carbocycles. The molecular weight excluding hydrogens is 412 g/mol. The van der Waals surface area contributed by atoms with Gasteiger partial charge >= 0.3 is 5.97 Å². The molecule has 0 amide bonds. The van der Waals surface area contributed by atoms with Crippen LogP contribution in [0.25, 0.3) is 10.1 Å². The number of carbonyl (C=O) groups is 1. The minimum atomic E-state index is -0.467. The van der Waals surface area contributed by atoms with Gasteiger partial charge in [0, 0.05) is 10.1 Å². The smallest absolute Gasteiger partial charge is 0.355 e. The van der Waals surface area contributed by atoms with Crippen molar-refractivity contribution in [1.29, 1.82) is 0 Å². The summed E-state index contributed by atoms with van der Waals surface area (Å²) in [6.07, 6.45) is 0.913. The average molecular weight is 426 g/mol. The van der Waals surface area contributed by atoms with E-state index in [-0.39, 0.29) is 0 Å². The first-order valence-corrected chi connectivity index (χ1v) is 9.29. The molecule has 1 heterocycles. The summed E-state index contributed by atoms with van der Waals surface area (Å²) in [5, 5.41) is 1.22. The summed E-state index contributed by atoms with van der Waals surface area (Å²) in [6.45, 7) is 2.07. The van der Waals surface area contributed by atoms with Crippen LogP contribution in [0.5, 0.6) is 11.5 Å². The highest BCUT2D eigenvalue weighted by molar-refractivity contribution is 9.10. The molecule has 24 heavy (non-hydrogen) atoms. The van der Waals surface area contributed by atoms with E-state index in [2.05, 4.69) is 22.9 Å². The van der Waals surface area contributed by atoms with Crippen LogP contribution >= 0.6 is 38.9 Å². The number of esters is 1. The number of hydrogen-bond acceptors (Lipinski definition) is 4. The van der Waals surface area contributed by atoms with E-state index in [0.29, 0.717) is 15.6 Å². The fourth-order valence-electron chi connectivity index (χ4n) is 2.30. The van der Waals surface area contributed by atoms with E-state index in [1.54, 1.807) is 13.2 Å². The van der Waals surface area contributed by atoms with E-state index >= 15 is 0 Å². The summed E-state index contributed by atoms with van der Waals surface area (Å²) >= 11 is 11.1. The van der Waals surface area contributed by atoms with E-state index in [9.17, 15) is 4.79 Å². The summed E-state index contributed by atoms with van der Waals surface area (Å²) < 4.78 is 12.3. The van der Waals surface area contributed by atoms with Crippen LogP contribution < -0.4 is 9.47 Å². The van der Waals surface area contributed by atoms with Crippen molar-refractivity contribution >= 4 is 54.9 Å². The highest BCUT2D eigenvalue weighted by Gasteiger charge is 2.20. The van der Waals surface area contributed by atoms with Gasteiger partial charge in [0.05, 0.1) is 16.6 Å². The highest BCUT2D eigenvalue weighted by atomic mass is 79.9. The van der Waals surface area contributed by atoms with Gasteiger partial charge in [-0.05, 0) is 58.2 Å². The molecule has 0 atom stereocenters. The molecule has 0 aliphatic carbocycles. The number of thiophene rings is 1. The zero-order valence-corrected chi connectivity index (χ0v) is 16.2. The lowest BCUT2D eigenvalue weighted by molar-refractivity contribution is 0.0739. The Bertz CT molecular complexity index is 920. The van der Waals surface area contributed by atoms with Crippen molar-refractivity contribution in [2.24, 2.45) is 0 Å². The molecule has 0 N–H and O–H groups in total. The van der Waals surface area contributed by atoms with Crippen molar-refractivity contribution in [3.63, 3.8) is 0 Å². The van der Waals surface area contributed by atoms with Gasteiger partial charge in [0.25, 0.3) is 0 Å². The van der Waals surface area contributed by atoms with Crippen molar-refractivity contribution in [1.82, 2.24) is 0 Å². The summed E-state index contributed by atoms with van der Waals surface area (Å²) in [6, 6.07) is 11.2. The number of carbonyl (C=O) groups excluding carboxylic acids is 1. The van der Waals surface area contributed by atoms with Crippen LogP contribution in [0.2, 0.25) is 5.02 Å². The molecular formula is C18H14BrClO3S. The van der Waals surface area contributed by atoms with Gasteiger partial charge in [-0.15, -0.1) is 11.3 Å². The third kappa shape index (κ3) is 3.29. The minimum Gasteiger partial charge on any atom is -0.497 e. The van der Waals surface area contributed by atoms with Gasteiger partial charge in [0.2, 0.25) is 0 Å². The number of hydrogen-bond donors (Lipinski definition) is 0. The zero-order valence-electron chi connectivity index (χ0n) is 13.1. The summed E-state index contributed by atoms with van der Waals surface area (Å²) in [4.78, 5) is 12.9. The number of halogens is 2. The quantitative estimate of drug-likeness (QED) is 0.374. The first-order chi connectivity index (χ1) is 11.5. The molecule has 0 saturated heterocycles. The Morgan fingerprint density at radius 3 is 2.71 bits per heavy atom. The zero-order chi connectivity index (χ0) is 17.3. The first kappa shape index (κ1) is 17.3. The Kier molecular flexibility index (Phi) is 5.13. The third-order valence-electron chi connectivity index (χ3n) is 3.63. The highest BCUT2D eigenvalue weighted by Crippen LogP contribution is 2.38. The molecule has 0 aliphatic heterocycles. The fraction of sp³-hybridized carbons (Fsp3) is 0.167. The van der Waals surface area contributed by atoms with Crippen LogP contribution in [0.3, 0.4) is 0 Å². The molecule has 3 nitrogen and oxygen atoms in total. The molecule has 1 aromatic heterocycles. The Hall–Kier alpha value is -1.56. The van der Waals surface area contributed by atoms with Crippen LogP contribution in [0.4, 0.5) is 0 Å². The lowest BCUT2D eigenvalue weighted by atomic mass is 10.2. The van der Waals surface area contributed by atoms with Gasteiger partial charge in [-0.3, -0.25) is 0 Å². The molecule has 0 fully saturated rings. The molecule has 0 radical (unpaired) electrons. The Morgan fingerprint density at radius 1 is 1.25 bits per heavy atom. The normalized spacial score (nSPS) is 10.8.